The van der Waals surface area contributed by atoms with Gasteiger partial charge in [-0.1, -0.05) is 17.5 Å². The van der Waals surface area contributed by atoms with Gasteiger partial charge < -0.3 is 5.32 Å². The summed E-state index contributed by atoms with van der Waals surface area (Å²) in [5.74, 6) is 5.31. The van der Waals surface area contributed by atoms with E-state index in [0.29, 0.717) is 22.0 Å². The first-order valence-electron chi connectivity index (χ1n) is 8.59. The normalized spacial score (nSPS) is 12.7. The Morgan fingerprint density at radius 2 is 1.96 bits per heavy atom. The Hall–Kier alpha value is -2.49. The number of carbonyl (C=O) groups is 1. The van der Waals surface area contributed by atoms with Crippen LogP contribution in [0, 0.1) is 11.8 Å². The minimum atomic E-state index is -1.41. The highest BCUT2D eigenvalue weighted by molar-refractivity contribution is 7.85. The fourth-order valence-corrected chi connectivity index (χ4v) is 3.01. The zero-order valence-electron chi connectivity index (χ0n) is 16.5. The molecule has 0 saturated carbocycles. The van der Waals surface area contributed by atoms with Crippen molar-refractivity contribution >= 4 is 39.9 Å². The van der Waals surface area contributed by atoms with Gasteiger partial charge in [-0.2, -0.15) is 4.40 Å². The lowest BCUT2D eigenvalue weighted by Gasteiger charge is -2.15. The Kier molecular flexibility index (Phi) is 7.11. The molecule has 1 heterocycles. The third kappa shape index (κ3) is 5.75. The van der Waals surface area contributed by atoms with E-state index >= 15 is 0 Å². The molecule has 1 aromatic heterocycles. The first kappa shape index (κ1) is 21.8. The maximum atomic E-state index is 12.4. The first-order chi connectivity index (χ1) is 13.1. The van der Waals surface area contributed by atoms with Crippen molar-refractivity contribution in [3.8, 4) is 11.8 Å². The van der Waals surface area contributed by atoms with E-state index in [9.17, 15) is 9.00 Å². The zero-order valence-corrected chi connectivity index (χ0v) is 18.0. The predicted octanol–water partition coefficient (Wildman–Crippen LogP) is 4.63. The first-order valence-corrected chi connectivity index (χ1v) is 10.1. The van der Waals surface area contributed by atoms with Crippen LogP contribution in [0.1, 0.15) is 56.2 Å². The zero-order chi connectivity index (χ0) is 20.9. The van der Waals surface area contributed by atoms with Crippen LogP contribution in [0.25, 0.3) is 0 Å². The number of aromatic nitrogens is 1. The SMILES string of the molecule is CC#Cc1ccc(C(=O)Nc2ccc(Cl)c(/C(C)=N/[S@](=O)C(C)(C)C)c2)nc1. The van der Waals surface area contributed by atoms with Crippen LogP contribution in [0.15, 0.2) is 40.9 Å². The number of anilines is 1. The highest BCUT2D eigenvalue weighted by Crippen LogP contribution is 2.23. The molecule has 0 aliphatic carbocycles. The number of nitrogens with zero attached hydrogens (tertiary/aromatic N) is 2. The molecule has 2 aromatic rings. The standard InChI is InChI=1S/C21H22ClN3O2S/c1-6-7-15-8-11-19(23-13-15)20(26)24-16-9-10-18(22)17(12-16)14(2)25-28(27)21(3,4)5/h8-13H,1-5H3,(H,24,26)/b25-14+/t28-/m1/s1. The third-order valence-corrected chi connectivity index (χ3v) is 5.44. The number of rotatable bonds is 4. The van der Waals surface area contributed by atoms with E-state index in [2.05, 4.69) is 26.5 Å². The molecule has 1 amide bonds. The molecular weight excluding hydrogens is 394 g/mol. The van der Waals surface area contributed by atoms with E-state index < -0.39 is 15.7 Å². The molecule has 5 nitrogen and oxygen atoms in total. The minimum absolute atomic E-state index is 0.275. The van der Waals surface area contributed by atoms with E-state index in [4.69, 9.17) is 11.6 Å². The number of carbonyl (C=O) groups excluding carboxylic acids is 1. The van der Waals surface area contributed by atoms with Gasteiger partial charge in [0.2, 0.25) is 0 Å². The topological polar surface area (TPSA) is 71.4 Å². The maximum absolute atomic E-state index is 12.4. The molecule has 146 valence electrons. The summed E-state index contributed by atoms with van der Waals surface area (Å²) < 4.78 is 16.1. The average Bonchev–Trinajstić information content (AvgIpc) is 2.63. The van der Waals surface area contributed by atoms with Gasteiger partial charge in [0.15, 0.2) is 0 Å². The van der Waals surface area contributed by atoms with E-state index in [1.807, 2.05) is 20.8 Å². The van der Waals surface area contributed by atoms with Crippen molar-refractivity contribution in [3.05, 3.63) is 58.4 Å². The van der Waals surface area contributed by atoms with Crippen molar-refractivity contribution in [2.45, 2.75) is 39.4 Å². The molecule has 0 saturated heterocycles. The van der Waals surface area contributed by atoms with Crippen LogP contribution in [0.3, 0.4) is 0 Å². The Morgan fingerprint density at radius 3 is 2.54 bits per heavy atom. The number of pyridine rings is 1. The smallest absolute Gasteiger partial charge is 0.274 e. The molecule has 0 spiro atoms. The van der Waals surface area contributed by atoms with Gasteiger partial charge >= 0.3 is 0 Å². The maximum Gasteiger partial charge on any atom is 0.274 e. The van der Waals surface area contributed by atoms with Gasteiger partial charge in [0.05, 0.1) is 10.5 Å². The minimum Gasteiger partial charge on any atom is -0.321 e. The van der Waals surface area contributed by atoms with Gasteiger partial charge in [-0.25, -0.2) is 9.19 Å². The third-order valence-electron chi connectivity index (χ3n) is 3.62. The summed E-state index contributed by atoms with van der Waals surface area (Å²) in [6.45, 7) is 9.03. The Bertz CT molecular complexity index is 997. The Balaban J connectivity index is 2.24. The largest absolute Gasteiger partial charge is 0.321 e. The summed E-state index contributed by atoms with van der Waals surface area (Å²) in [5, 5.41) is 3.25. The summed E-state index contributed by atoms with van der Waals surface area (Å²) in [5.41, 5.74) is 2.71. The van der Waals surface area contributed by atoms with Crippen molar-refractivity contribution in [1.29, 1.82) is 0 Å². The van der Waals surface area contributed by atoms with E-state index in [-0.39, 0.29) is 11.6 Å². The predicted molar refractivity (Wildman–Crippen MR) is 116 cm³/mol. The van der Waals surface area contributed by atoms with Crippen LogP contribution in [0.4, 0.5) is 5.69 Å². The average molecular weight is 416 g/mol. The number of benzene rings is 1. The Morgan fingerprint density at radius 1 is 1.25 bits per heavy atom. The molecule has 0 aliphatic heterocycles. The summed E-state index contributed by atoms with van der Waals surface area (Å²) in [6, 6.07) is 8.42. The fourth-order valence-electron chi connectivity index (χ4n) is 2.13. The molecule has 0 radical (unpaired) electrons. The Labute approximate surface area is 173 Å². The van der Waals surface area contributed by atoms with Gasteiger partial charge in [0.25, 0.3) is 5.91 Å². The second-order valence-electron chi connectivity index (χ2n) is 6.99. The van der Waals surface area contributed by atoms with Crippen molar-refractivity contribution in [3.63, 3.8) is 0 Å². The highest BCUT2D eigenvalue weighted by atomic mass is 35.5. The second kappa shape index (κ2) is 9.13. The number of halogens is 1. The van der Waals surface area contributed by atoms with Crippen LogP contribution in [0.5, 0.6) is 0 Å². The van der Waals surface area contributed by atoms with E-state index in [1.54, 1.807) is 50.4 Å². The van der Waals surface area contributed by atoms with Gasteiger partial charge in [-0.3, -0.25) is 4.79 Å². The second-order valence-corrected chi connectivity index (χ2v) is 9.31. The lowest BCUT2D eigenvalue weighted by atomic mass is 10.1. The number of hydrogen-bond donors (Lipinski definition) is 1. The lowest BCUT2D eigenvalue weighted by molar-refractivity contribution is 0.102. The van der Waals surface area contributed by atoms with Crippen molar-refractivity contribution in [2.75, 3.05) is 5.32 Å². The van der Waals surface area contributed by atoms with Crippen LogP contribution < -0.4 is 5.32 Å². The molecule has 1 atom stereocenters. The molecule has 28 heavy (non-hydrogen) atoms. The molecule has 1 N–H and O–H groups in total. The van der Waals surface area contributed by atoms with Gasteiger partial charge in [0.1, 0.15) is 16.7 Å². The summed E-state index contributed by atoms with van der Waals surface area (Å²) in [6.07, 6.45) is 1.55. The fraction of sp³-hybridized carbons (Fsp3) is 0.286. The molecule has 0 bridgehead atoms. The molecule has 2 rings (SSSR count). The molecule has 1 aromatic carbocycles. The van der Waals surface area contributed by atoms with E-state index in [1.165, 1.54) is 0 Å². The van der Waals surface area contributed by atoms with Crippen molar-refractivity contribution < 1.29 is 9.00 Å². The summed E-state index contributed by atoms with van der Waals surface area (Å²) in [4.78, 5) is 16.6. The summed E-state index contributed by atoms with van der Waals surface area (Å²) >= 11 is 6.27. The molecule has 0 aliphatic rings. The number of amides is 1. The monoisotopic (exact) mass is 415 g/mol. The van der Waals surface area contributed by atoms with Gasteiger partial charge in [0, 0.05) is 28.0 Å². The molecular formula is C21H22ClN3O2S. The van der Waals surface area contributed by atoms with Crippen LogP contribution >= 0.6 is 11.6 Å². The molecule has 0 unspecified atom stereocenters. The number of hydrogen-bond acceptors (Lipinski definition) is 3. The quantitative estimate of drug-likeness (QED) is 0.584. The van der Waals surface area contributed by atoms with Crippen LogP contribution in [-0.4, -0.2) is 25.6 Å². The lowest BCUT2D eigenvalue weighted by Crippen LogP contribution is -2.20. The van der Waals surface area contributed by atoms with Gasteiger partial charge in [-0.15, -0.1) is 5.92 Å². The van der Waals surface area contributed by atoms with Crippen molar-refractivity contribution in [2.24, 2.45) is 4.40 Å². The van der Waals surface area contributed by atoms with Crippen LogP contribution in [0.2, 0.25) is 5.02 Å². The highest BCUT2D eigenvalue weighted by Gasteiger charge is 2.20. The number of nitrogens with one attached hydrogen (secondary N) is 1. The molecule has 7 heteroatoms. The summed E-state index contributed by atoms with van der Waals surface area (Å²) in [7, 11) is -1.41. The molecule has 0 fully saturated rings. The van der Waals surface area contributed by atoms with Gasteiger partial charge in [-0.05, 0) is 65.0 Å². The van der Waals surface area contributed by atoms with Crippen molar-refractivity contribution in [1.82, 2.24) is 4.98 Å². The van der Waals surface area contributed by atoms with E-state index in [0.717, 1.165) is 5.56 Å². The van der Waals surface area contributed by atoms with Crippen LogP contribution in [-0.2, 0) is 11.0 Å².